The van der Waals surface area contributed by atoms with Crippen LogP contribution >= 0.6 is 22.9 Å². The smallest absolute Gasteiger partial charge is 0.284 e. The van der Waals surface area contributed by atoms with E-state index in [9.17, 15) is 4.79 Å². The number of hydrogen-bond acceptors (Lipinski definition) is 5. The number of anilines is 1. The van der Waals surface area contributed by atoms with Gasteiger partial charge in [0.15, 0.2) is 5.13 Å². The van der Waals surface area contributed by atoms with Gasteiger partial charge in [-0.3, -0.25) is 4.79 Å². The highest BCUT2D eigenvalue weighted by molar-refractivity contribution is 7.22. The summed E-state index contributed by atoms with van der Waals surface area (Å²) < 4.78 is 6.16. The highest BCUT2D eigenvalue weighted by atomic mass is 35.5. The van der Waals surface area contributed by atoms with E-state index in [1.165, 1.54) is 11.3 Å². The van der Waals surface area contributed by atoms with Crippen molar-refractivity contribution in [1.29, 1.82) is 0 Å². The molecule has 1 aliphatic rings. The summed E-state index contributed by atoms with van der Waals surface area (Å²) in [6, 6.07) is 22.6. The summed E-state index contributed by atoms with van der Waals surface area (Å²) in [7, 11) is 1.62. The minimum atomic E-state index is -0.222. The van der Waals surface area contributed by atoms with E-state index in [1.807, 2.05) is 66.7 Å². The first-order valence-corrected chi connectivity index (χ1v) is 10.7. The maximum atomic E-state index is 13.4. The van der Waals surface area contributed by atoms with Crippen molar-refractivity contribution in [2.45, 2.75) is 0 Å². The van der Waals surface area contributed by atoms with E-state index in [1.54, 1.807) is 24.2 Å². The van der Waals surface area contributed by atoms with Crippen LogP contribution in [0.1, 0.15) is 11.1 Å². The van der Waals surface area contributed by atoms with E-state index in [0.717, 1.165) is 27.1 Å². The highest BCUT2D eigenvalue weighted by Gasteiger charge is 2.34. The third kappa shape index (κ3) is 3.71. The number of fused-ring (bicyclic) bond motifs is 1. The zero-order chi connectivity index (χ0) is 21.4. The largest absolute Gasteiger partial charge is 0.497 e. The van der Waals surface area contributed by atoms with Gasteiger partial charge in [-0.25, -0.2) is 14.9 Å². The number of aromatic nitrogens is 1. The number of nitrogens with zero attached hydrogens (tertiary/aromatic N) is 3. The van der Waals surface area contributed by atoms with Gasteiger partial charge in [-0.1, -0.05) is 65.4 Å². The number of amidine groups is 1. The van der Waals surface area contributed by atoms with Crippen molar-refractivity contribution in [2.75, 3.05) is 12.0 Å². The number of carbonyl (C=O) groups excluding carboxylic acids is 1. The van der Waals surface area contributed by atoms with Crippen LogP contribution in [0.25, 0.3) is 16.3 Å². The normalized spacial score (nSPS) is 15.0. The molecule has 0 radical (unpaired) electrons. The molecule has 152 valence electrons. The Labute approximate surface area is 187 Å². The second kappa shape index (κ2) is 7.98. The van der Waals surface area contributed by atoms with Crippen molar-refractivity contribution in [3.05, 3.63) is 94.6 Å². The van der Waals surface area contributed by atoms with Crippen molar-refractivity contribution in [3.8, 4) is 5.75 Å². The molecule has 0 aliphatic carbocycles. The first kappa shape index (κ1) is 19.5. The summed E-state index contributed by atoms with van der Waals surface area (Å²) in [5.41, 5.74) is 2.80. The van der Waals surface area contributed by atoms with Gasteiger partial charge in [-0.2, -0.15) is 0 Å². The van der Waals surface area contributed by atoms with Crippen LogP contribution in [-0.4, -0.2) is 23.8 Å². The van der Waals surface area contributed by atoms with Crippen LogP contribution in [0.2, 0.25) is 5.02 Å². The second-order valence-electron chi connectivity index (χ2n) is 6.85. The third-order valence-corrected chi connectivity index (χ3v) is 6.10. The van der Waals surface area contributed by atoms with Gasteiger partial charge in [0.2, 0.25) is 0 Å². The molecule has 5 rings (SSSR count). The number of carbonyl (C=O) groups is 1. The minimum absolute atomic E-state index is 0.222. The summed E-state index contributed by atoms with van der Waals surface area (Å²) in [6.45, 7) is 0. The summed E-state index contributed by atoms with van der Waals surface area (Å²) in [5.74, 6) is 1.08. The molecule has 4 aromatic rings. The predicted molar refractivity (Wildman–Crippen MR) is 126 cm³/mol. The van der Waals surface area contributed by atoms with E-state index in [2.05, 4.69) is 9.98 Å². The average Bonchev–Trinajstić information content (AvgIpc) is 3.35. The summed E-state index contributed by atoms with van der Waals surface area (Å²) in [4.78, 5) is 24.3. The van der Waals surface area contributed by atoms with Gasteiger partial charge < -0.3 is 4.74 Å². The summed E-state index contributed by atoms with van der Waals surface area (Å²) in [6.07, 6.45) is 1.77. The van der Waals surface area contributed by atoms with Crippen molar-refractivity contribution >= 4 is 56.1 Å². The lowest BCUT2D eigenvalue weighted by molar-refractivity contribution is -0.113. The molecule has 1 aliphatic heterocycles. The Morgan fingerprint density at radius 2 is 1.81 bits per heavy atom. The van der Waals surface area contributed by atoms with Crippen LogP contribution in [0.5, 0.6) is 5.75 Å². The van der Waals surface area contributed by atoms with Crippen molar-refractivity contribution in [2.24, 2.45) is 4.99 Å². The molecule has 0 fully saturated rings. The summed E-state index contributed by atoms with van der Waals surface area (Å²) in [5, 5.41) is 1.16. The van der Waals surface area contributed by atoms with Crippen LogP contribution in [-0.2, 0) is 4.79 Å². The molecular formula is C24H16ClN3O2S. The molecule has 31 heavy (non-hydrogen) atoms. The van der Waals surface area contributed by atoms with Gasteiger partial charge in [0, 0.05) is 10.6 Å². The van der Waals surface area contributed by atoms with E-state index in [4.69, 9.17) is 16.3 Å². The molecule has 1 amide bonds. The number of rotatable bonds is 4. The van der Waals surface area contributed by atoms with Gasteiger partial charge in [0.1, 0.15) is 17.3 Å². The number of thiazole rings is 1. The van der Waals surface area contributed by atoms with E-state index in [-0.39, 0.29) is 5.91 Å². The number of ether oxygens (including phenoxy) is 1. The molecule has 0 saturated carbocycles. The Kier molecular flexibility index (Phi) is 5.02. The fourth-order valence-corrected chi connectivity index (χ4v) is 4.43. The van der Waals surface area contributed by atoms with Crippen LogP contribution in [0.4, 0.5) is 5.13 Å². The molecule has 0 atom stereocenters. The molecule has 0 unspecified atom stereocenters. The first-order chi connectivity index (χ1) is 15.1. The van der Waals surface area contributed by atoms with Gasteiger partial charge in [0.05, 0.1) is 17.3 Å². The molecule has 7 heteroatoms. The zero-order valence-electron chi connectivity index (χ0n) is 16.4. The fraction of sp³-hybridized carbons (Fsp3) is 0.0417. The molecule has 0 bridgehead atoms. The molecule has 0 saturated heterocycles. The molecule has 0 spiro atoms. The molecule has 3 aromatic carbocycles. The lowest BCUT2D eigenvalue weighted by Gasteiger charge is -2.14. The SMILES string of the molecule is COc1ccc(/C=C2\N=C(c3ccccc3)N(c3nc4cc(Cl)ccc4s3)C2=O)cc1. The lowest BCUT2D eigenvalue weighted by Crippen LogP contribution is -2.32. The number of benzene rings is 3. The van der Waals surface area contributed by atoms with Crippen LogP contribution in [0.3, 0.4) is 0 Å². The maximum Gasteiger partial charge on any atom is 0.284 e. The third-order valence-electron chi connectivity index (χ3n) is 4.84. The quantitative estimate of drug-likeness (QED) is 0.373. The minimum Gasteiger partial charge on any atom is -0.497 e. The van der Waals surface area contributed by atoms with Crippen LogP contribution in [0.15, 0.2) is 83.5 Å². The predicted octanol–water partition coefficient (Wildman–Crippen LogP) is 5.79. The van der Waals surface area contributed by atoms with E-state index >= 15 is 0 Å². The molecule has 0 N–H and O–H groups in total. The Hall–Kier alpha value is -3.48. The molecular weight excluding hydrogens is 430 g/mol. The van der Waals surface area contributed by atoms with Gasteiger partial charge >= 0.3 is 0 Å². The Balaban J connectivity index is 1.61. The van der Waals surface area contributed by atoms with Crippen LogP contribution in [0, 0.1) is 0 Å². The van der Waals surface area contributed by atoms with Crippen molar-refractivity contribution in [1.82, 2.24) is 4.98 Å². The van der Waals surface area contributed by atoms with Crippen molar-refractivity contribution < 1.29 is 9.53 Å². The van der Waals surface area contributed by atoms with E-state index in [0.29, 0.717) is 21.7 Å². The Morgan fingerprint density at radius 1 is 1.03 bits per heavy atom. The zero-order valence-corrected chi connectivity index (χ0v) is 18.0. The monoisotopic (exact) mass is 445 g/mol. The lowest BCUT2D eigenvalue weighted by atomic mass is 10.2. The van der Waals surface area contributed by atoms with Crippen LogP contribution < -0.4 is 9.64 Å². The molecule has 1 aromatic heterocycles. The number of halogens is 1. The average molecular weight is 446 g/mol. The summed E-state index contributed by atoms with van der Waals surface area (Å²) >= 11 is 7.55. The molecule has 5 nitrogen and oxygen atoms in total. The van der Waals surface area contributed by atoms with Gasteiger partial charge in [-0.05, 0) is 42.0 Å². The van der Waals surface area contributed by atoms with E-state index < -0.39 is 0 Å². The second-order valence-corrected chi connectivity index (χ2v) is 8.30. The highest BCUT2D eigenvalue weighted by Crippen LogP contribution is 2.35. The molecule has 2 heterocycles. The number of amides is 1. The topological polar surface area (TPSA) is 54.8 Å². The van der Waals surface area contributed by atoms with Gasteiger partial charge in [-0.15, -0.1) is 0 Å². The number of hydrogen-bond donors (Lipinski definition) is 0. The van der Waals surface area contributed by atoms with Crippen molar-refractivity contribution in [3.63, 3.8) is 0 Å². The first-order valence-electron chi connectivity index (χ1n) is 9.53. The van der Waals surface area contributed by atoms with Gasteiger partial charge in [0.25, 0.3) is 5.91 Å². The fourth-order valence-electron chi connectivity index (χ4n) is 3.32. The number of methoxy groups -OCH3 is 1. The number of aliphatic imine (C=N–C) groups is 1. The Bertz CT molecular complexity index is 1340. The Morgan fingerprint density at radius 3 is 2.55 bits per heavy atom. The maximum absolute atomic E-state index is 13.4. The standard InChI is InChI=1S/C24H16ClN3O2S/c1-30-18-10-7-15(8-11-18)13-20-23(29)28(22(26-20)16-5-3-2-4-6-16)24-27-19-14-17(25)9-12-21(19)31-24/h2-14H,1H3/b20-13-.